The highest BCUT2D eigenvalue weighted by Gasteiger charge is 2.12. The second-order valence-corrected chi connectivity index (χ2v) is 5.20. The monoisotopic (exact) mass is 322 g/mol. The molecule has 122 valence electrons. The summed E-state index contributed by atoms with van der Waals surface area (Å²) >= 11 is 0. The molecule has 8 heteroatoms. The first-order chi connectivity index (χ1) is 11.1. The van der Waals surface area contributed by atoms with Crippen molar-refractivity contribution < 1.29 is 18.3 Å². The minimum absolute atomic E-state index is 0.351. The minimum atomic E-state index is -2.49. The molecule has 0 radical (unpaired) electrons. The van der Waals surface area contributed by atoms with Crippen molar-refractivity contribution in [3.63, 3.8) is 0 Å². The Kier molecular flexibility index (Phi) is 4.40. The lowest BCUT2D eigenvalue weighted by Crippen LogP contribution is -2.19. The Morgan fingerprint density at radius 2 is 2.17 bits per heavy atom. The molecule has 1 aromatic carbocycles. The molecule has 1 aliphatic heterocycles. The van der Waals surface area contributed by atoms with Crippen LogP contribution in [0.4, 0.5) is 25.0 Å². The van der Waals surface area contributed by atoms with Crippen LogP contribution in [0.2, 0.25) is 0 Å². The molecule has 1 aromatic heterocycles. The zero-order valence-electron chi connectivity index (χ0n) is 12.3. The summed E-state index contributed by atoms with van der Waals surface area (Å²) in [5.74, 6) is 0.843. The average molecular weight is 322 g/mol. The summed E-state index contributed by atoms with van der Waals surface area (Å²) in [6.07, 6.45) is 2.04. The third-order valence-electron chi connectivity index (χ3n) is 3.38. The zero-order chi connectivity index (χ0) is 16.2. The van der Waals surface area contributed by atoms with Crippen LogP contribution >= 0.6 is 0 Å². The predicted octanol–water partition coefficient (Wildman–Crippen LogP) is 3.12. The molecule has 2 N–H and O–H groups in total. The molecular weight excluding hydrogens is 306 g/mol. The van der Waals surface area contributed by atoms with Crippen LogP contribution in [0.3, 0.4) is 0 Å². The van der Waals surface area contributed by atoms with Gasteiger partial charge in [-0.25, -0.2) is 13.6 Å². The van der Waals surface area contributed by atoms with Gasteiger partial charge in [-0.3, -0.25) is 4.68 Å². The molecule has 0 fully saturated rings. The smallest absolute Gasteiger partial charge is 0.323 e. The van der Waals surface area contributed by atoms with E-state index in [9.17, 15) is 13.6 Å². The van der Waals surface area contributed by atoms with Crippen LogP contribution in [0.5, 0.6) is 5.75 Å². The Hall–Kier alpha value is -2.64. The van der Waals surface area contributed by atoms with E-state index in [1.807, 2.05) is 12.1 Å². The van der Waals surface area contributed by atoms with Crippen molar-refractivity contribution in [2.75, 3.05) is 17.2 Å². The van der Waals surface area contributed by atoms with Gasteiger partial charge >= 0.3 is 6.03 Å². The van der Waals surface area contributed by atoms with E-state index in [1.165, 1.54) is 12.4 Å². The maximum Gasteiger partial charge on any atom is 0.323 e. The molecule has 6 nitrogen and oxygen atoms in total. The van der Waals surface area contributed by atoms with Gasteiger partial charge in [-0.1, -0.05) is 0 Å². The zero-order valence-corrected chi connectivity index (χ0v) is 12.3. The molecule has 0 aliphatic carbocycles. The number of rotatable bonds is 4. The number of carbonyl (C=O) groups is 1. The SMILES string of the molecule is O=C(Nc1ccc2c(c1)CCCO2)Nc1cnn(CC(F)F)c1. The van der Waals surface area contributed by atoms with E-state index >= 15 is 0 Å². The topological polar surface area (TPSA) is 68.2 Å². The van der Waals surface area contributed by atoms with Gasteiger partial charge in [0.05, 0.1) is 18.5 Å². The third-order valence-corrected chi connectivity index (χ3v) is 3.38. The van der Waals surface area contributed by atoms with Gasteiger partial charge in [0.1, 0.15) is 12.3 Å². The first-order valence-corrected chi connectivity index (χ1v) is 7.24. The van der Waals surface area contributed by atoms with Crippen LogP contribution in [0.1, 0.15) is 12.0 Å². The fourth-order valence-corrected chi connectivity index (χ4v) is 2.40. The highest BCUT2D eigenvalue weighted by Crippen LogP contribution is 2.27. The van der Waals surface area contributed by atoms with Crippen molar-refractivity contribution in [3.05, 3.63) is 36.2 Å². The number of urea groups is 1. The number of hydrogen-bond acceptors (Lipinski definition) is 3. The van der Waals surface area contributed by atoms with Gasteiger partial charge in [-0.05, 0) is 36.6 Å². The normalized spacial score (nSPS) is 13.3. The lowest BCUT2D eigenvalue weighted by atomic mass is 10.1. The number of fused-ring (bicyclic) bond motifs is 1. The van der Waals surface area contributed by atoms with E-state index in [0.717, 1.165) is 28.8 Å². The first kappa shape index (κ1) is 15.3. The first-order valence-electron chi connectivity index (χ1n) is 7.24. The van der Waals surface area contributed by atoms with Crippen LogP contribution in [0, 0.1) is 0 Å². The lowest BCUT2D eigenvalue weighted by molar-refractivity contribution is 0.122. The van der Waals surface area contributed by atoms with Gasteiger partial charge in [-0.15, -0.1) is 0 Å². The van der Waals surface area contributed by atoms with E-state index in [2.05, 4.69) is 15.7 Å². The Bertz CT molecular complexity index is 703. The Morgan fingerprint density at radius 1 is 1.35 bits per heavy atom. The van der Waals surface area contributed by atoms with Gasteiger partial charge in [0.15, 0.2) is 0 Å². The number of ether oxygens (including phenoxy) is 1. The van der Waals surface area contributed by atoms with Gasteiger partial charge in [-0.2, -0.15) is 5.10 Å². The Labute approximate surface area is 131 Å². The summed E-state index contributed by atoms with van der Waals surface area (Å²) in [4.78, 5) is 11.9. The molecule has 0 bridgehead atoms. The van der Waals surface area contributed by atoms with Gasteiger partial charge in [0.25, 0.3) is 6.43 Å². The molecule has 0 unspecified atom stereocenters. The number of benzene rings is 1. The molecule has 0 saturated heterocycles. The number of amides is 2. The number of aromatic nitrogens is 2. The molecule has 23 heavy (non-hydrogen) atoms. The van der Waals surface area contributed by atoms with Crippen LogP contribution in [0.15, 0.2) is 30.6 Å². The standard InChI is InChI=1S/C15H16F2N4O2/c16-14(17)9-21-8-12(7-18-21)20-15(22)19-11-3-4-13-10(6-11)2-1-5-23-13/h3-4,6-8,14H,1-2,5,9H2,(H2,19,20,22). The summed E-state index contributed by atoms with van der Waals surface area (Å²) < 4.78 is 31.1. The molecule has 2 amide bonds. The summed E-state index contributed by atoms with van der Waals surface area (Å²) in [5, 5.41) is 9.01. The molecule has 0 atom stereocenters. The van der Waals surface area contributed by atoms with E-state index in [1.54, 1.807) is 6.07 Å². The Balaban J connectivity index is 1.60. The molecular formula is C15H16F2N4O2. The number of hydrogen-bond donors (Lipinski definition) is 2. The van der Waals surface area contributed by atoms with E-state index in [-0.39, 0.29) is 0 Å². The van der Waals surface area contributed by atoms with Crippen molar-refractivity contribution in [2.45, 2.75) is 25.8 Å². The largest absolute Gasteiger partial charge is 0.493 e. The molecule has 1 aliphatic rings. The average Bonchev–Trinajstić information content (AvgIpc) is 2.93. The van der Waals surface area contributed by atoms with Crippen LogP contribution in [0.25, 0.3) is 0 Å². The summed E-state index contributed by atoms with van der Waals surface area (Å²) in [6, 6.07) is 4.99. The fraction of sp³-hybridized carbons (Fsp3) is 0.333. The lowest BCUT2D eigenvalue weighted by Gasteiger charge is -2.18. The van der Waals surface area contributed by atoms with Gasteiger partial charge < -0.3 is 15.4 Å². The second-order valence-electron chi connectivity index (χ2n) is 5.20. The highest BCUT2D eigenvalue weighted by molar-refractivity contribution is 5.99. The number of alkyl halides is 2. The molecule has 2 heterocycles. The predicted molar refractivity (Wildman–Crippen MR) is 81.1 cm³/mol. The highest BCUT2D eigenvalue weighted by atomic mass is 19.3. The van der Waals surface area contributed by atoms with Gasteiger partial charge in [0, 0.05) is 11.9 Å². The van der Waals surface area contributed by atoms with E-state index in [0.29, 0.717) is 18.0 Å². The summed E-state index contributed by atoms with van der Waals surface area (Å²) in [6.45, 7) is 0.205. The number of nitrogens with zero attached hydrogens (tertiary/aromatic N) is 2. The maximum absolute atomic E-state index is 12.2. The summed E-state index contributed by atoms with van der Waals surface area (Å²) in [5.41, 5.74) is 2.05. The van der Waals surface area contributed by atoms with Crippen LogP contribution in [-0.4, -0.2) is 28.8 Å². The number of anilines is 2. The van der Waals surface area contributed by atoms with Crippen molar-refractivity contribution in [1.29, 1.82) is 0 Å². The Morgan fingerprint density at radius 3 is 3.00 bits per heavy atom. The van der Waals surface area contributed by atoms with Crippen LogP contribution < -0.4 is 15.4 Å². The minimum Gasteiger partial charge on any atom is -0.493 e. The van der Waals surface area contributed by atoms with Gasteiger partial charge in [0.2, 0.25) is 0 Å². The molecule has 2 aromatic rings. The molecule has 0 spiro atoms. The maximum atomic E-state index is 12.2. The van der Waals surface area contributed by atoms with E-state index in [4.69, 9.17) is 4.74 Å². The van der Waals surface area contributed by atoms with Crippen LogP contribution in [-0.2, 0) is 13.0 Å². The number of halogens is 2. The van der Waals surface area contributed by atoms with Crippen molar-refractivity contribution in [2.24, 2.45) is 0 Å². The van der Waals surface area contributed by atoms with Crippen molar-refractivity contribution in [1.82, 2.24) is 9.78 Å². The quantitative estimate of drug-likeness (QED) is 0.909. The summed E-state index contributed by atoms with van der Waals surface area (Å²) in [7, 11) is 0. The molecule has 3 rings (SSSR count). The molecule has 0 saturated carbocycles. The van der Waals surface area contributed by atoms with Crippen molar-refractivity contribution in [3.8, 4) is 5.75 Å². The van der Waals surface area contributed by atoms with E-state index < -0.39 is 19.0 Å². The third kappa shape index (κ3) is 3.97. The number of nitrogens with one attached hydrogen (secondary N) is 2. The number of carbonyl (C=O) groups excluding carboxylic acids is 1. The fourth-order valence-electron chi connectivity index (χ4n) is 2.40. The second kappa shape index (κ2) is 6.64. The number of aryl methyl sites for hydroxylation is 1. The van der Waals surface area contributed by atoms with Crippen molar-refractivity contribution >= 4 is 17.4 Å².